The zero-order valence-corrected chi connectivity index (χ0v) is 16.6. The zero-order chi connectivity index (χ0) is 20.5. The Hall–Kier alpha value is -3.67. The van der Waals surface area contributed by atoms with Gasteiger partial charge in [-0.2, -0.15) is 0 Å². The van der Waals surface area contributed by atoms with Crippen molar-refractivity contribution < 1.29 is 4.79 Å². The Morgan fingerprint density at radius 1 is 1.14 bits per heavy atom. The third kappa shape index (κ3) is 3.57. The maximum Gasteiger partial charge on any atom is 0.256 e. The molecule has 1 amide bonds. The van der Waals surface area contributed by atoms with Crippen LogP contribution >= 0.6 is 0 Å². The summed E-state index contributed by atoms with van der Waals surface area (Å²) in [5.41, 5.74) is 3.12. The molecule has 0 saturated carbocycles. The van der Waals surface area contributed by atoms with Crippen molar-refractivity contribution >= 4 is 16.7 Å². The third-order valence-electron chi connectivity index (χ3n) is 5.19. The quantitative estimate of drug-likeness (QED) is 0.583. The van der Waals surface area contributed by atoms with Gasteiger partial charge in [0.05, 0.1) is 6.54 Å². The number of hydrogen-bond donors (Lipinski definition) is 1. The molecule has 0 bridgehead atoms. The fourth-order valence-corrected chi connectivity index (χ4v) is 3.44. The number of amides is 1. The number of rotatable bonds is 4. The van der Waals surface area contributed by atoms with E-state index in [9.17, 15) is 9.59 Å². The Morgan fingerprint density at radius 2 is 1.90 bits per heavy atom. The topological polar surface area (TPSA) is 71.0 Å². The van der Waals surface area contributed by atoms with Crippen LogP contribution < -0.4 is 5.56 Å². The number of fused-ring (bicyclic) bond motifs is 1. The van der Waals surface area contributed by atoms with Crippen molar-refractivity contribution in [3.05, 3.63) is 88.2 Å². The first kappa shape index (κ1) is 18.7. The lowest BCUT2D eigenvalue weighted by Crippen LogP contribution is -2.27. The largest absolute Gasteiger partial charge is 0.337 e. The number of hydrogen-bond acceptors (Lipinski definition) is 3. The second-order valence-electron chi connectivity index (χ2n) is 7.24. The highest BCUT2D eigenvalue weighted by Gasteiger charge is 2.14. The number of benzene rings is 2. The molecule has 6 heteroatoms. The summed E-state index contributed by atoms with van der Waals surface area (Å²) < 4.78 is 1.89. The van der Waals surface area contributed by atoms with Gasteiger partial charge in [0.25, 0.3) is 11.5 Å². The van der Waals surface area contributed by atoms with E-state index in [4.69, 9.17) is 0 Å². The highest BCUT2D eigenvalue weighted by molar-refractivity contribution is 5.94. The van der Waals surface area contributed by atoms with Gasteiger partial charge in [0, 0.05) is 43.1 Å². The highest BCUT2D eigenvalue weighted by atomic mass is 16.2. The van der Waals surface area contributed by atoms with Gasteiger partial charge in [-0.1, -0.05) is 24.3 Å². The Kier molecular flexibility index (Phi) is 4.76. The SMILES string of the molecule is Cc1cccc2c(=O)[nH]c(-c3ccc(C(=O)N(C)Cc4nccn4C)cc3)cc12. The first-order valence-corrected chi connectivity index (χ1v) is 9.39. The standard InChI is InChI=1S/C23H22N4O2/c1-15-5-4-6-18-19(15)13-20(25-22(18)28)16-7-9-17(10-8-16)23(29)27(3)14-21-24-11-12-26(21)2/h4-13H,14H2,1-3H3,(H,25,28). The first-order valence-electron chi connectivity index (χ1n) is 9.39. The number of carbonyl (C=O) groups is 1. The second kappa shape index (κ2) is 7.39. The summed E-state index contributed by atoms with van der Waals surface area (Å²) in [5.74, 6) is 0.740. The maximum absolute atomic E-state index is 12.7. The molecule has 29 heavy (non-hydrogen) atoms. The van der Waals surface area contributed by atoms with E-state index < -0.39 is 0 Å². The van der Waals surface area contributed by atoms with Gasteiger partial charge in [0.1, 0.15) is 5.82 Å². The summed E-state index contributed by atoms with van der Waals surface area (Å²) in [6, 6.07) is 15.0. The molecule has 2 aromatic carbocycles. The van der Waals surface area contributed by atoms with E-state index in [0.717, 1.165) is 28.0 Å². The number of aromatic amines is 1. The molecule has 1 N–H and O–H groups in total. The van der Waals surface area contributed by atoms with Crippen LogP contribution in [0.5, 0.6) is 0 Å². The van der Waals surface area contributed by atoms with E-state index >= 15 is 0 Å². The van der Waals surface area contributed by atoms with Crippen LogP contribution in [-0.2, 0) is 13.6 Å². The highest BCUT2D eigenvalue weighted by Crippen LogP contribution is 2.23. The van der Waals surface area contributed by atoms with Gasteiger partial charge in [0.15, 0.2) is 0 Å². The molecule has 0 aliphatic rings. The lowest BCUT2D eigenvalue weighted by Gasteiger charge is -2.17. The molecule has 0 aliphatic heterocycles. The minimum atomic E-state index is -0.115. The van der Waals surface area contributed by atoms with Crippen molar-refractivity contribution in [2.45, 2.75) is 13.5 Å². The van der Waals surface area contributed by atoms with E-state index in [1.165, 1.54) is 0 Å². The first-order chi connectivity index (χ1) is 13.9. The van der Waals surface area contributed by atoms with E-state index in [-0.39, 0.29) is 11.5 Å². The molecule has 0 aliphatic carbocycles. The molecule has 4 aromatic rings. The van der Waals surface area contributed by atoms with Crippen molar-refractivity contribution in [1.29, 1.82) is 0 Å². The van der Waals surface area contributed by atoms with Gasteiger partial charge >= 0.3 is 0 Å². The number of aromatic nitrogens is 3. The van der Waals surface area contributed by atoms with Gasteiger partial charge < -0.3 is 14.5 Å². The normalized spacial score (nSPS) is 11.0. The van der Waals surface area contributed by atoms with Crippen LogP contribution in [0.1, 0.15) is 21.7 Å². The van der Waals surface area contributed by atoms with E-state index in [1.807, 2.05) is 61.1 Å². The molecule has 2 heterocycles. The predicted molar refractivity (Wildman–Crippen MR) is 114 cm³/mol. The number of nitrogens with zero attached hydrogens (tertiary/aromatic N) is 3. The van der Waals surface area contributed by atoms with Crippen molar-refractivity contribution in [2.24, 2.45) is 7.05 Å². The van der Waals surface area contributed by atoms with Crippen LogP contribution in [-0.4, -0.2) is 32.4 Å². The van der Waals surface area contributed by atoms with Crippen LogP contribution in [0.4, 0.5) is 0 Å². The fraction of sp³-hybridized carbons (Fsp3) is 0.174. The van der Waals surface area contributed by atoms with Crippen LogP contribution in [0.3, 0.4) is 0 Å². The number of carbonyl (C=O) groups excluding carboxylic acids is 1. The van der Waals surface area contributed by atoms with E-state index in [2.05, 4.69) is 9.97 Å². The lowest BCUT2D eigenvalue weighted by atomic mass is 10.0. The number of aryl methyl sites for hydroxylation is 2. The zero-order valence-electron chi connectivity index (χ0n) is 16.6. The van der Waals surface area contributed by atoms with Crippen molar-refractivity contribution in [3.8, 4) is 11.3 Å². The van der Waals surface area contributed by atoms with Gasteiger partial charge in [0.2, 0.25) is 0 Å². The molecule has 6 nitrogen and oxygen atoms in total. The average Bonchev–Trinajstić information content (AvgIpc) is 3.12. The summed E-state index contributed by atoms with van der Waals surface area (Å²) in [7, 11) is 3.66. The Bertz CT molecular complexity index is 1250. The summed E-state index contributed by atoms with van der Waals surface area (Å²) in [5, 5.41) is 1.61. The van der Waals surface area contributed by atoms with Crippen molar-refractivity contribution in [1.82, 2.24) is 19.4 Å². The number of H-pyrrole nitrogens is 1. The second-order valence-corrected chi connectivity index (χ2v) is 7.24. The molecule has 0 saturated heterocycles. The summed E-state index contributed by atoms with van der Waals surface area (Å²) >= 11 is 0. The molecule has 146 valence electrons. The lowest BCUT2D eigenvalue weighted by molar-refractivity contribution is 0.0780. The van der Waals surface area contributed by atoms with E-state index in [0.29, 0.717) is 17.5 Å². The Balaban J connectivity index is 1.60. The fourth-order valence-electron chi connectivity index (χ4n) is 3.44. The molecular formula is C23H22N4O2. The van der Waals surface area contributed by atoms with Crippen LogP contribution in [0.15, 0.2) is 65.7 Å². The smallest absolute Gasteiger partial charge is 0.256 e. The summed E-state index contributed by atoms with van der Waals surface area (Å²) in [6.45, 7) is 2.42. The number of pyridine rings is 1. The van der Waals surface area contributed by atoms with Crippen LogP contribution in [0, 0.1) is 6.92 Å². The van der Waals surface area contributed by atoms with Gasteiger partial charge in [-0.15, -0.1) is 0 Å². The van der Waals surface area contributed by atoms with Crippen LogP contribution in [0.2, 0.25) is 0 Å². The maximum atomic E-state index is 12.7. The number of imidazole rings is 1. The third-order valence-corrected chi connectivity index (χ3v) is 5.19. The summed E-state index contributed by atoms with van der Waals surface area (Å²) in [6.07, 6.45) is 3.57. The molecule has 0 fully saturated rings. The molecule has 0 unspecified atom stereocenters. The molecule has 0 spiro atoms. The minimum Gasteiger partial charge on any atom is -0.337 e. The Labute approximate surface area is 168 Å². The molecular weight excluding hydrogens is 364 g/mol. The molecule has 0 atom stereocenters. The number of nitrogens with one attached hydrogen (secondary N) is 1. The molecule has 4 rings (SSSR count). The van der Waals surface area contributed by atoms with Crippen molar-refractivity contribution in [2.75, 3.05) is 7.05 Å². The van der Waals surface area contributed by atoms with Gasteiger partial charge in [-0.3, -0.25) is 9.59 Å². The summed E-state index contributed by atoms with van der Waals surface area (Å²) in [4.78, 5) is 34.0. The van der Waals surface area contributed by atoms with Gasteiger partial charge in [-0.25, -0.2) is 4.98 Å². The van der Waals surface area contributed by atoms with Gasteiger partial charge in [-0.05, 0) is 47.7 Å². The van der Waals surface area contributed by atoms with Crippen molar-refractivity contribution in [3.63, 3.8) is 0 Å². The van der Waals surface area contributed by atoms with Crippen LogP contribution in [0.25, 0.3) is 22.0 Å². The molecule has 2 aromatic heterocycles. The minimum absolute atomic E-state index is 0.0811. The predicted octanol–water partition coefficient (Wildman–Crippen LogP) is 3.51. The Morgan fingerprint density at radius 3 is 2.59 bits per heavy atom. The van der Waals surface area contributed by atoms with E-state index in [1.54, 1.807) is 30.3 Å². The monoisotopic (exact) mass is 386 g/mol. The molecule has 0 radical (unpaired) electrons. The average molecular weight is 386 g/mol.